The van der Waals surface area contributed by atoms with Gasteiger partial charge in [0.05, 0.1) is 5.39 Å². The number of esters is 1. The lowest BCUT2D eigenvalue weighted by atomic mass is 10.2. The van der Waals surface area contributed by atoms with Crippen LogP contribution in [0.15, 0.2) is 57.7 Å². The van der Waals surface area contributed by atoms with E-state index < -0.39 is 52.4 Å². The minimum Gasteiger partial charge on any atom is -0.449 e. The van der Waals surface area contributed by atoms with E-state index in [0.29, 0.717) is 0 Å². The van der Waals surface area contributed by atoms with Crippen molar-refractivity contribution in [2.45, 2.75) is 45.5 Å². The molecule has 0 saturated heterocycles. The highest BCUT2D eigenvalue weighted by atomic mass is 19.4. The zero-order chi connectivity index (χ0) is 26.0. The molecule has 0 unspecified atom stereocenters. The van der Waals surface area contributed by atoms with Crippen molar-refractivity contribution in [2.24, 2.45) is 0 Å². The summed E-state index contributed by atoms with van der Waals surface area (Å²) >= 11 is 0. The molecule has 0 fully saturated rings. The van der Waals surface area contributed by atoms with Crippen LogP contribution in [-0.2, 0) is 15.7 Å². The summed E-state index contributed by atoms with van der Waals surface area (Å²) in [5.74, 6) is -3.76. The van der Waals surface area contributed by atoms with Crippen LogP contribution in [0.5, 0.6) is 17.2 Å². The van der Waals surface area contributed by atoms with Crippen molar-refractivity contribution in [1.29, 1.82) is 0 Å². The van der Waals surface area contributed by atoms with Crippen molar-refractivity contribution in [3.63, 3.8) is 0 Å². The van der Waals surface area contributed by atoms with Gasteiger partial charge in [-0.1, -0.05) is 18.2 Å². The van der Waals surface area contributed by atoms with Crippen LogP contribution in [0, 0.1) is 0 Å². The molecule has 8 nitrogen and oxygen atoms in total. The van der Waals surface area contributed by atoms with Gasteiger partial charge in [-0.15, -0.1) is 0 Å². The van der Waals surface area contributed by atoms with Gasteiger partial charge in [-0.05, 0) is 52.0 Å². The molecule has 0 aliphatic heterocycles. The van der Waals surface area contributed by atoms with E-state index in [1.807, 2.05) is 0 Å². The Morgan fingerprint density at radius 1 is 1.00 bits per heavy atom. The highest BCUT2D eigenvalue weighted by molar-refractivity contribution is 5.84. The lowest BCUT2D eigenvalue weighted by Crippen LogP contribution is -2.43. The van der Waals surface area contributed by atoms with Crippen molar-refractivity contribution in [3.05, 3.63) is 64.5 Å². The number of para-hydroxylation sites is 1. The summed E-state index contributed by atoms with van der Waals surface area (Å²) in [6, 6.07) is 9.65. The Morgan fingerprint density at radius 3 is 2.26 bits per heavy atom. The van der Waals surface area contributed by atoms with Crippen molar-refractivity contribution >= 4 is 23.0 Å². The highest BCUT2D eigenvalue weighted by Crippen LogP contribution is 2.38. The maximum atomic E-state index is 13.7. The Balaban J connectivity index is 1.89. The molecule has 0 aliphatic rings. The van der Waals surface area contributed by atoms with Gasteiger partial charge in [-0.25, -0.2) is 9.59 Å². The molecule has 0 radical (unpaired) electrons. The second-order valence-corrected chi connectivity index (χ2v) is 8.45. The van der Waals surface area contributed by atoms with Gasteiger partial charge in [0.25, 0.3) is 5.76 Å². The highest BCUT2D eigenvalue weighted by Gasteiger charge is 2.40. The van der Waals surface area contributed by atoms with Crippen LogP contribution in [0.4, 0.5) is 18.0 Å². The van der Waals surface area contributed by atoms with Crippen LogP contribution in [0.3, 0.4) is 0 Å². The van der Waals surface area contributed by atoms with Gasteiger partial charge >= 0.3 is 18.2 Å². The van der Waals surface area contributed by atoms with Crippen molar-refractivity contribution < 1.29 is 41.4 Å². The first-order valence-electron chi connectivity index (χ1n) is 10.4. The molecule has 1 N–H and O–H groups in total. The molecule has 1 aromatic heterocycles. The molecule has 2 aromatic carbocycles. The molecule has 0 spiro atoms. The predicted molar refractivity (Wildman–Crippen MR) is 118 cm³/mol. The van der Waals surface area contributed by atoms with E-state index in [1.54, 1.807) is 26.8 Å². The van der Waals surface area contributed by atoms with Crippen LogP contribution >= 0.6 is 0 Å². The number of fused-ring (bicyclic) bond motifs is 1. The first-order valence-corrected chi connectivity index (χ1v) is 10.4. The fraction of sp³-hybridized carbons (Fsp3) is 0.292. The lowest BCUT2D eigenvalue weighted by Gasteiger charge is -2.21. The van der Waals surface area contributed by atoms with E-state index in [-0.39, 0.29) is 16.9 Å². The van der Waals surface area contributed by atoms with Gasteiger partial charge in [0, 0.05) is 6.07 Å². The Morgan fingerprint density at radius 2 is 1.66 bits per heavy atom. The molecule has 1 amide bonds. The minimum atomic E-state index is -5.05. The summed E-state index contributed by atoms with van der Waals surface area (Å²) < 4.78 is 61.4. The zero-order valence-corrected chi connectivity index (χ0v) is 19.2. The maximum absolute atomic E-state index is 13.7. The molecule has 0 saturated carbocycles. The van der Waals surface area contributed by atoms with Crippen LogP contribution < -0.4 is 20.2 Å². The van der Waals surface area contributed by atoms with Crippen LogP contribution in [0.25, 0.3) is 11.0 Å². The topological polar surface area (TPSA) is 104 Å². The van der Waals surface area contributed by atoms with Gasteiger partial charge in [-0.3, -0.25) is 4.79 Å². The van der Waals surface area contributed by atoms with Gasteiger partial charge in [0.1, 0.15) is 28.7 Å². The third-order valence-electron chi connectivity index (χ3n) is 4.35. The number of hydrogen-bond donors (Lipinski definition) is 1. The number of hydrogen-bond acceptors (Lipinski definition) is 7. The van der Waals surface area contributed by atoms with Crippen molar-refractivity contribution in [2.75, 3.05) is 0 Å². The summed E-state index contributed by atoms with van der Waals surface area (Å²) in [5, 5.41) is 2.07. The van der Waals surface area contributed by atoms with E-state index in [1.165, 1.54) is 37.3 Å². The van der Waals surface area contributed by atoms with Crippen LogP contribution in [0.2, 0.25) is 0 Å². The predicted octanol–water partition coefficient (Wildman–Crippen LogP) is 5.42. The summed E-state index contributed by atoms with van der Waals surface area (Å²) in [7, 11) is 0. The molecular formula is C24H22F3NO7. The average Bonchev–Trinajstić information content (AvgIpc) is 2.74. The molecular weight excluding hydrogens is 471 g/mol. The smallest absolute Gasteiger partial charge is 0.449 e. The summed E-state index contributed by atoms with van der Waals surface area (Å²) in [4.78, 5) is 37.0. The van der Waals surface area contributed by atoms with E-state index in [9.17, 15) is 27.6 Å². The fourth-order valence-corrected chi connectivity index (χ4v) is 2.85. The zero-order valence-electron chi connectivity index (χ0n) is 19.2. The molecule has 1 atom stereocenters. The molecule has 1 heterocycles. The summed E-state index contributed by atoms with van der Waals surface area (Å²) in [5.41, 5.74) is -2.32. The van der Waals surface area contributed by atoms with E-state index in [2.05, 4.69) is 5.32 Å². The Labute approximate surface area is 197 Å². The van der Waals surface area contributed by atoms with Crippen LogP contribution in [0.1, 0.15) is 33.5 Å². The van der Waals surface area contributed by atoms with Gasteiger partial charge < -0.3 is 23.9 Å². The first kappa shape index (κ1) is 25.6. The lowest BCUT2D eigenvalue weighted by molar-refractivity contribution is -0.154. The normalized spacial score (nSPS) is 12.7. The average molecular weight is 493 g/mol. The molecule has 0 aliphatic carbocycles. The fourth-order valence-electron chi connectivity index (χ4n) is 2.85. The molecule has 11 heteroatoms. The first-order chi connectivity index (χ1) is 16.2. The third kappa shape index (κ3) is 6.52. The van der Waals surface area contributed by atoms with Crippen LogP contribution in [-0.4, -0.2) is 23.7 Å². The molecule has 0 bridgehead atoms. The summed E-state index contributed by atoms with van der Waals surface area (Å²) in [6.07, 6.45) is -5.90. The number of nitrogens with one attached hydrogen (secondary N) is 1. The van der Waals surface area contributed by atoms with Crippen molar-refractivity contribution in [3.8, 4) is 17.2 Å². The number of halogens is 3. The number of amides is 1. The van der Waals surface area contributed by atoms with E-state index >= 15 is 0 Å². The number of carbonyl (C=O) groups excluding carboxylic acids is 2. The van der Waals surface area contributed by atoms with Gasteiger partial charge in [0.2, 0.25) is 11.2 Å². The minimum absolute atomic E-state index is 0.0154. The summed E-state index contributed by atoms with van der Waals surface area (Å²) in [6.45, 7) is 6.26. The molecule has 3 aromatic rings. The molecule has 186 valence electrons. The number of alkyl halides is 3. The third-order valence-corrected chi connectivity index (χ3v) is 4.35. The standard InChI is InChI=1S/C24H22F3NO7/c1-13(28-22(31)35-23(2,3)4)21(30)33-15-10-11-16-17(12-15)34-20(24(25,26)27)19(18(16)29)32-14-8-6-5-7-9-14/h5-13H,1-4H3,(H,28,31)/t13-/m0/s1. The van der Waals surface area contributed by atoms with Gasteiger partial charge in [-0.2, -0.15) is 13.2 Å². The van der Waals surface area contributed by atoms with Crippen molar-refractivity contribution in [1.82, 2.24) is 5.32 Å². The quantitative estimate of drug-likeness (QED) is 0.374. The number of benzene rings is 2. The van der Waals surface area contributed by atoms with E-state index in [0.717, 1.165) is 12.1 Å². The second-order valence-electron chi connectivity index (χ2n) is 8.45. The Kier molecular flexibility index (Phi) is 7.09. The monoisotopic (exact) mass is 493 g/mol. The number of rotatable bonds is 5. The van der Waals surface area contributed by atoms with E-state index in [4.69, 9.17) is 18.6 Å². The Bertz CT molecular complexity index is 1290. The van der Waals surface area contributed by atoms with Gasteiger partial charge in [0.15, 0.2) is 0 Å². The number of carbonyl (C=O) groups is 2. The second kappa shape index (κ2) is 9.69. The number of alkyl carbamates (subject to hydrolysis) is 1. The Hall–Kier alpha value is -4.02. The SMILES string of the molecule is C[C@H](NC(=O)OC(C)(C)C)C(=O)Oc1ccc2c(=O)c(Oc3ccccc3)c(C(F)(F)F)oc2c1. The number of ether oxygens (including phenoxy) is 3. The molecule has 3 rings (SSSR count). The molecule has 35 heavy (non-hydrogen) atoms. The largest absolute Gasteiger partial charge is 0.453 e. The maximum Gasteiger partial charge on any atom is 0.453 e.